The molecule has 0 spiro atoms. The summed E-state index contributed by atoms with van der Waals surface area (Å²) in [6.45, 7) is 0.463. The zero-order valence-corrected chi connectivity index (χ0v) is 9.85. The van der Waals surface area contributed by atoms with Crippen LogP contribution in [0.15, 0.2) is 24.3 Å². The number of hydrogen-bond donors (Lipinski definition) is 4. The molecule has 0 bridgehead atoms. The minimum absolute atomic E-state index is 0.0401. The number of hydroxylamine groups is 1. The van der Waals surface area contributed by atoms with Crippen molar-refractivity contribution in [2.24, 2.45) is 0 Å². The SMILES string of the molecule is O=C(CCC(=O)NCCc1ccc(O)cc1)NO. The largest absolute Gasteiger partial charge is 0.508 e. The third kappa shape index (κ3) is 5.31. The number of phenols is 1. The van der Waals surface area contributed by atoms with Crippen LogP contribution in [0.1, 0.15) is 18.4 Å². The van der Waals surface area contributed by atoms with Gasteiger partial charge in [-0.05, 0) is 24.1 Å². The third-order valence-electron chi connectivity index (χ3n) is 2.38. The number of nitrogens with one attached hydrogen (secondary N) is 2. The fourth-order valence-electron chi connectivity index (χ4n) is 1.38. The van der Waals surface area contributed by atoms with Gasteiger partial charge in [0.05, 0.1) is 0 Å². The molecule has 98 valence electrons. The maximum Gasteiger partial charge on any atom is 0.243 e. The summed E-state index contributed by atoms with van der Waals surface area (Å²) in [5.74, 6) is -0.612. The van der Waals surface area contributed by atoms with Gasteiger partial charge in [-0.2, -0.15) is 0 Å². The molecule has 1 aromatic rings. The molecule has 6 heteroatoms. The van der Waals surface area contributed by atoms with Gasteiger partial charge in [0.1, 0.15) is 5.75 Å². The van der Waals surface area contributed by atoms with Crippen LogP contribution in [-0.4, -0.2) is 28.7 Å². The van der Waals surface area contributed by atoms with Crippen LogP contribution in [0, 0.1) is 0 Å². The Hall–Kier alpha value is -2.08. The lowest BCUT2D eigenvalue weighted by molar-refractivity contribution is -0.131. The number of benzene rings is 1. The summed E-state index contributed by atoms with van der Waals surface area (Å²) in [7, 11) is 0. The second kappa shape index (κ2) is 7.29. The van der Waals surface area contributed by atoms with Crippen molar-refractivity contribution in [3.8, 4) is 5.75 Å². The van der Waals surface area contributed by atoms with Gasteiger partial charge in [0.25, 0.3) is 0 Å². The molecule has 0 radical (unpaired) electrons. The third-order valence-corrected chi connectivity index (χ3v) is 2.38. The molecule has 0 aromatic heterocycles. The van der Waals surface area contributed by atoms with Gasteiger partial charge >= 0.3 is 0 Å². The molecule has 0 aliphatic rings. The van der Waals surface area contributed by atoms with Crippen molar-refractivity contribution in [1.29, 1.82) is 0 Å². The zero-order chi connectivity index (χ0) is 13.4. The van der Waals surface area contributed by atoms with E-state index in [4.69, 9.17) is 10.3 Å². The molecule has 18 heavy (non-hydrogen) atoms. The number of carbonyl (C=O) groups excluding carboxylic acids is 2. The van der Waals surface area contributed by atoms with E-state index in [1.54, 1.807) is 24.3 Å². The first-order valence-corrected chi connectivity index (χ1v) is 5.59. The monoisotopic (exact) mass is 252 g/mol. The van der Waals surface area contributed by atoms with Crippen molar-refractivity contribution in [2.75, 3.05) is 6.54 Å². The van der Waals surface area contributed by atoms with Crippen LogP contribution in [0.25, 0.3) is 0 Å². The lowest BCUT2D eigenvalue weighted by Gasteiger charge is -2.05. The summed E-state index contributed by atoms with van der Waals surface area (Å²) in [6.07, 6.45) is 0.654. The second-order valence-corrected chi connectivity index (χ2v) is 3.80. The van der Waals surface area contributed by atoms with E-state index in [0.29, 0.717) is 13.0 Å². The maximum atomic E-state index is 11.3. The van der Waals surface area contributed by atoms with E-state index in [1.807, 2.05) is 0 Å². The second-order valence-electron chi connectivity index (χ2n) is 3.80. The average Bonchev–Trinajstić information content (AvgIpc) is 2.38. The minimum atomic E-state index is -0.580. The van der Waals surface area contributed by atoms with Crippen LogP contribution < -0.4 is 10.8 Å². The quantitative estimate of drug-likeness (QED) is 0.433. The van der Waals surface area contributed by atoms with Gasteiger partial charge in [-0.3, -0.25) is 14.8 Å². The molecule has 0 unspecified atom stereocenters. The van der Waals surface area contributed by atoms with Crippen molar-refractivity contribution in [1.82, 2.24) is 10.8 Å². The predicted octanol–water partition coefficient (Wildman–Crippen LogP) is 0.336. The lowest BCUT2D eigenvalue weighted by Crippen LogP contribution is -2.27. The fourth-order valence-corrected chi connectivity index (χ4v) is 1.38. The normalized spacial score (nSPS) is 9.83. The molecule has 1 rings (SSSR count). The van der Waals surface area contributed by atoms with Gasteiger partial charge in [0.15, 0.2) is 0 Å². The highest BCUT2D eigenvalue weighted by atomic mass is 16.5. The minimum Gasteiger partial charge on any atom is -0.508 e. The van der Waals surface area contributed by atoms with Gasteiger partial charge in [-0.1, -0.05) is 12.1 Å². The summed E-state index contributed by atoms with van der Waals surface area (Å²) >= 11 is 0. The first-order valence-electron chi connectivity index (χ1n) is 5.59. The molecule has 0 aliphatic carbocycles. The first-order chi connectivity index (χ1) is 8.61. The first kappa shape index (κ1) is 14.0. The van der Waals surface area contributed by atoms with Gasteiger partial charge in [0, 0.05) is 19.4 Å². The number of amides is 2. The Bertz CT molecular complexity index is 403. The highest BCUT2D eigenvalue weighted by Crippen LogP contribution is 2.09. The summed E-state index contributed by atoms with van der Waals surface area (Å²) in [6, 6.07) is 6.73. The number of carbonyl (C=O) groups is 2. The molecule has 0 saturated carbocycles. The molecule has 0 saturated heterocycles. The van der Waals surface area contributed by atoms with E-state index in [2.05, 4.69) is 5.32 Å². The van der Waals surface area contributed by atoms with Crippen LogP contribution in [-0.2, 0) is 16.0 Å². The number of aromatic hydroxyl groups is 1. The summed E-state index contributed by atoms with van der Waals surface area (Å²) in [5, 5.41) is 20.0. The highest BCUT2D eigenvalue weighted by Gasteiger charge is 2.05. The molecular formula is C12H16N2O4. The predicted molar refractivity (Wildman–Crippen MR) is 64.0 cm³/mol. The van der Waals surface area contributed by atoms with Gasteiger partial charge in [0.2, 0.25) is 11.8 Å². The smallest absolute Gasteiger partial charge is 0.243 e. The van der Waals surface area contributed by atoms with Gasteiger partial charge < -0.3 is 10.4 Å². The Morgan fingerprint density at radius 2 is 1.67 bits per heavy atom. The van der Waals surface area contributed by atoms with Crippen LogP contribution in [0.4, 0.5) is 0 Å². The van der Waals surface area contributed by atoms with Crippen molar-refractivity contribution in [2.45, 2.75) is 19.3 Å². The zero-order valence-electron chi connectivity index (χ0n) is 9.85. The molecule has 0 atom stereocenters. The van der Waals surface area contributed by atoms with E-state index in [1.165, 1.54) is 5.48 Å². The Kier molecular flexibility index (Phi) is 5.66. The van der Waals surface area contributed by atoms with Gasteiger partial charge in [-0.15, -0.1) is 0 Å². The number of hydrogen-bond acceptors (Lipinski definition) is 4. The van der Waals surface area contributed by atoms with Crippen LogP contribution in [0.3, 0.4) is 0 Å². The lowest BCUT2D eigenvalue weighted by atomic mass is 10.1. The Labute approximate surface area is 105 Å². The van der Waals surface area contributed by atoms with Crippen molar-refractivity contribution < 1.29 is 19.9 Å². The van der Waals surface area contributed by atoms with Crippen LogP contribution in [0.2, 0.25) is 0 Å². The van der Waals surface area contributed by atoms with E-state index >= 15 is 0 Å². The van der Waals surface area contributed by atoms with Crippen LogP contribution in [0.5, 0.6) is 5.75 Å². The Morgan fingerprint density at radius 3 is 2.28 bits per heavy atom. The number of phenolic OH excluding ortho intramolecular Hbond substituents is 1. The maximum absolute atomic E-state index is 11.3. The molecular weight excluding hydrogens is 236 g/mol. The average molecular weight is 252 g/mol. The van der Waals surface area contributed by atoms with Crippen molar-refractivity contribution in [3.63, 3.8) is 0 Å². The van der Waals surface area contributed by atoms with Gasteiger partial charge in [-0.25, -0.2) is 5.48 Å². The van der Waals surface area contributed by atoms with E-state index in [9.17, 15) is 9.59 Å². The standard InChI is InChI=1S/C12H16N2O4/c15-10-3-1-9(2-4-10)7-8-13-11(16)5-6-12(17)14-18/h1-4,15,18H,5-8H2,(H,13,16)(H,14,17). The molecule has 0 fully saturated rings. The summed E-state index contributed by atoms with van der Waals surface area (Å²) in [4.78, 5) is 22.0. The molecule has 0 aliphatic heterocycles. The Balaban J connectivity index is 2.19. The van der Waals surface area contributed by atoms with E-state index in [-0.39, 0.29) is 24.5 Å². The Morgan fingerprint density at radius 1 is 1.06 bits per heavy atom. The molecule has 6 nitrogen and oxygen atoms in total. The molecule has 0 heterocycles. The topological polar surface area (TPSA) is 98.7 Å². The molecule has 2 amide bonds. The van der Waals surface area contributed by atoms with Crippen molar-refractivity contribution in [3.05, 3.63) is 29.8 Å². The molecule has 1 aromatic carbocycles. The van der Waals surface area contributed by atoms with Crippen LogP contribution >= 0.6 is 0 Å². The summed E-state index contributed by atoms with van der Waals surface area (Å²) < 4.78 is 0. The fraction of sp³-hybridized carbons (Fsp3) is 0.333. The highest BCUT2D eigenvalue weighted by molar-refractivity contribution is 5.83. The van der Waals surface area contributed by atoms with E-state index in [0.717, 1.165) is 5.56 Å². The van der Waals surface area contributed by atoms with Crippen molar-refractivity contribution >= 4 is 11.8 Å². The van der Waals surface area contributed by atoms with E-state index < -0.39 is 5.91 Å². The molecule has 4 N–H and O–H groups in total. The number of rotatable bonds is 6. The summed E-state index contributed by atoms with van der Waals surface area (Å²) in [5.41, 5.74) is 2.47.